The first-order chi connectivity index (χ1) is 59.5. The van der Waals surface area contributed by atoms with Crippen molar-refractivity contribution in [2.24, 2.45) is 0 Å². The van der Waals surface area contributed by atoms with Crippen molar-refractivity contribution >= 4 is 52.7 Å². The van der Waals surface area contributed by atoms with Crippen LogP contribution in [0.3, 0.4) is 0 Å². The van der Waals surface area contributed by atoms with E-state index in [1.807, 2.05) is 121 Å². The number of aliphatic hydroxyl groups is 1. The first kappa shape index (κ1) is 110. The third kappa shape index (κ3) is 34.5. The zero-order valence-electron chi connectivity index (χ0n) is 76.2. The van der Waals surface area contributed by atoms with Crippen LogP contribution in [-0.2, 0) is 140 Å². The number of carboxylic acid groups (broad SMARTS) is 2. The topological polar surface area (TPSA) is 343 Å². The summed E-state index contributed by atoms with van der Waals surface area (Å²) in [6.45, 7) is 26.0. The van der Waals surface area contributed by atoms with Crippen molar-refractivity contribution in [3.05, 3.63) is 259 Å². The first-order valence-corrected chi connectivity index (χ1v) is 45.1. The minimum Gasteiger partial charge on any atom is -0.481 e. The van der Waals surface area contributed by atoms with Crippen LogP contribution >= 0.6 is 0 Å². The van der Waals surface area contributed by atoms with Crippen molar-refractivity contribution in [2.75, 3.05) is 48.4 Å². The van der Waals surface area contributed by atoms with Crippen LogP contribution in [0.25, 0.3) is 0 Å². The van der Waals surface area contributed by atoms with Crippen molar-refractivity contribution in [3.63, 3.8) is 0 Å². The van der Waals surface area contributed by atoms with Gasteiger partial charge in [-0.25, -0.2) is 14.4 Å². The summed E-state index contributed by atoms with van der Waals surface area (Å²) in [5.74, 6) is -2.18. The number of nitrogens with two attached hydrogens (primary N) is 1. The summed E-state index contributed by atoms with van der Waals surface area (Å²) in [5.41, 5.74) is 20.8. The van der Waals surface area contributed by atoms with Crippen molar-refractivity contribution < 1.29 is 64.5 Å². The van der Waals surface area contributed by atoms with E-state index in [4.69, 9.17) is 30.6 Å². The number of unbranched alkanes of at least 4 members (excludes halogenated alkanes) is 5. The number of carbonyl (C=O) groups is 5. The second-order valence-electron chi connectivity index (χ2n) is 31.5. The third-order valence-electron chi connectivity index (χ3n) is 22.6. The predicted octanol–water partition coefficient (Wildman–Crippen LogP) is 18.4. The average Bonchev–Trinajstić information content (AvgIpc) is 0.819. The normalized spacial score (nSPS) is 12.7. The molecule has 5 aliphatic rings. The third-order valence-corrected chi connectivity index (χ3v) is 22.6. The fourth-order valence-electron chi connectivity index (χ4n) is 15.9. The molecule has 696 valence electrons. The maximum atomic E-state index is 12.9. The number of hydrogen-bond acceptors (Lipinski definition) is 14. The number of carboxylic acids is 2. The molecule has 9 N–H and O–H groups in total. The van der Waals surface area contributed by atoms with Crippen LogP contribution < -0.4 is 54.8 Å². The molecule has 25 nitrogen and oxygen atoms in total. The van der Waals surface area contributed by atoms with Gasteiger partial charge < -0.3 is 76.9 Å². The monoisotopic (exact) mass is 1830 g/mol. The van der Waals surface area contributed by atoms with Gasteiger partial charge in [0.25, 0.3) is 39.7 Å². The molecule has 5 heterocycles. The molecular formula is C100H146N11O14Pd-. The Bertz CT molecular complexity index is 4810. The number of nitrogens with one attached hydrogen (secondary N) is 4. The van der Waals surface area contributed by atoms with Crippen LogP contribution in [0.15, 0.2) is 145 Å². The van der Waals surface area contributed by atoms with E-state index >= 15 is 0 Å². The Kier molecular flexibility index (Phi) is 52.7. The number of nitrogens with zero attached hydrogens (tertiary/aromatic N) is 6. The van der Waals surface area contributed by atoms with Crippen molar-refractivity contribution in [1.82, 2.24) is 33.1 Å². The molecule has 26 heteroatoms. The Morgan fingerprint density at radius 1 is 0.413 bits per heavy atom. The number of aliphatic carboxylic acids is 1. The molecule has 4 amide bonds. The fourth-order valence-corrected chi connectivity index (χ4v) is 15.9. The number of nitrogen functional groups attached to an aromatic ring is 1. The Hall–Kier alpha value is -10.3. The summed E-state index contributed by atoms with van der Waals surface area (Å²) < 4.78 is 14.5. The molecule has 126 heavy (non-hydrogen) atoms. The number of fused-ring (bicyclic) bond motifs is 5. The molecule has 0 saturated heterocycles. The summed E-state index contributed by atoms with van der Waals surface area (Å²) in [5, 5.41) is 34.6. The van der Waals surface area contributed by atoms with E-state index in [2.05, 4.69) is 81.6 Å². The van der Waals surface area contributed by atoms with Gasteiger partial charge in [0.2, 0.25) is 0 Å². The number of aliphatic hydroxyl groups excluding tert-OH is 1. The number of aromatic carboxylic acids is 1. The zero-order chi connectivity index (χ0) is 89.6. The van der Waals surface area contributed by atoms with Crippen molar-refractivity contribution in [2.45, 2.75) is 308 Å². The Morgan fingerprint density at radius 2 is 0.714 bits per heavy atom. The molecule has 0 radical (unpaired) electrons. The minimum atomic E-state index is -1.11. The van der Waals surface area contributed by atoms with E-state index in [0.29, 0.717) is 47.9 Å². The Morgan fingerprint density at radius 3 is 1.06 bits per heavy atom. The van der Waals surface area contributed by atoms with Crippen LogP contribution in [0.2, 0.25) is 0 Å². The average molecular weight is 1830 g/mol. The van der Waals surface area contributed by atoms with Crippen LogP contribution in [0, 0.1) is 7.43 Å². The molecule has 0 saturated carbocycles. The SMILES string of the molecule is C.CC(=O)O.CCCCn1c2c(cc(C(=O)O)c1=O)CCCC2.CCCCn1c2c(cc(N)c1=O)CCCC2.CCCCn1c2c(cc(NC(=O)NCc3ccccc3)c1=O)CCCC2.CCCCn1c2c(cc(NC(=O)OCc3ccccc3)c1=O)CCCC2.CCCCn1c2c(cc(NC(=O)c3ccccc3)c1=O)CCCC2.CCN(CC)CC.CO.[CH3-].[Pd]. The molecule has 5 aliphatic carbocycles. The summed E-state index contributed by atoms with van der Waals surface area (Å²) >= 11 is 0. The largest absolute Gasteiger partial charge is 0.481 e. The van der Waals surface area contributed by atoms with Gasteiger partial charge in [0.1, 0.15) is 29.2 Å². The van der Waals surface area contributed by atoms with Gasteiger partial charge in [0.15, 0.2) is 0 Å². The van der Waals surface area contributed by atoms with Gasteiger partial charge in [-0.2, -0.15) is 0 Å². The number of hydrogen-bond donors (Lipinski definition) is 8. The predicted molar refractivity (Wildman–Crippen MR) is 508 cm³/mol. The number of anilines is 4. The first-order valence-electron chi connectivity index (χ1n) is 45.1. The molecule has 0 atom stereocenters. The maximum absolute atomic E-state index is 12.9. The summed E-state index contributed by atoms with van der Waals surface area (Å²) in [4.78, 5) is 122. The molecule has 8 aromatic rings. The van der Waals surface area contributed by atoms with Crippen LogP contribution in [0.4, 0.5) is 32.3 Å². The fraction of sp³-hybridized carbons (Fsp3) is 0.510. The molecule has 13 rings (SSSR count). The summed E-state index contributed by atoms with van der Waals surface area (Å²) in [6, 6.07) is 37.0. The molecule has 0 bridgehead atoms. The summed E-state index contributed by atoms with van der Waals surface area (Å²) in [7, 11) is 1.00. The second kappa shape index (κ2) is 60.4. The van der Waals surface area contributed by atoms with Gasteiger partial charge in [0, 0.05) is 108 Å². The molecule has 3 aromatic carbocycles. The number of aryl methyl sites for hydroxylation is 5. The van der Waals surface area contributed by atoms with Gasteiger partial charge in [0.05, 0.1) is 5.69 Å². The summed E-state index contributed by atoms with van der Waals surface area (Å²) in [6.07, 6.45) is 30.5. The molecule has 0 spiro atoms. The van der Waals surface area contributed by atoms with Crippen LogP contribution in [0.1, 0.15) is 286 Å². The van der Waals surface area contributed by atoms with Gasteiger partial charge in [-0.1, -0.05) is 174 Å². The minimum absolute atomic E-state index is 0. The smallest absolute Gasteiger partial charge is 0.412 e. The van der Waals surface area contributed by atoms with E-state index in [-0.39, 0.29) is 87.2 Å². The van der Waals surface area contributed by atoms with Gasteiger partial charge in [-0.05, 0) is 262 Å². The Labute approximate surface area is 761 Å². The van der Waals surface area contributed by atoms with E-state index in [1.54, 1.807) is 22.8 Å². The van der Waals surface area contributed by atoms with Crippen molar-refractivity contribution in [1.29, 1.82) is 0 Å². The quantitative estimate of drug-likeness (QED) is 0.0175. The molecule has 0 aliphatic heterocycles. The number of urea groups is 1. The number of ether oxygens (including phenoxy) is 1. The number of pyridine rings is 5. The second-order valence-corrected chi connectivity index (χ2v) is 31.5. The van der Waals surface area contributed by atoms with Gasteiger partial charge in [-0.3, -0.25) is 38.9 Å². The molecular weight excluding hydrogens is 1690 g/mol. The van der Waals surface area contributed by atoms with Crippen molar-refractivity contribution in [3.8, 4) is 0 Å². The number of rotatable bonds is 27. The number of aromatic nitrogens is 5. The van der Waals surface area contributed by atoms with Gasteiger partial charge in [-0.15, -0.1) is 0 Å². The maximum Gasteiger partial charge on any atom is 0.412 e. The number of amides is 4. The van der Waals surface area contributed by atoms with Crippen LogP contribution in [0.5, 0.6) is 0 Å². The Balaban J connectivity index is 0.000000393. The van der Waals surface area contributed by atoms with E-state index in [1.165, 1.54) is 60.4 Å². The van der Waals surface area contributed by atoms with E-state index < -0.39 is 18.0 Å². The van der Waals surface area contributed by atoms with Gasteiger partial charge >= 0.3 is 18.1 Å². The zero-order valence-corrected chi connectivity index (χ0v) is 77.8. The van der Waals surface area contributed by atoms with E-state index in [9.17, 15) is 43.2 Å². The molecule has 5 aromatic heterocycles. The standard InChI is InChI=1S/C21H27N3O2.C21H26N2O3.C20H24N2O2.C14H19NO3.C13H20N2O.C6H15N.C2H4O2.CH4O.CH4.CH3.Pd/c1-2-3-13-24-19-12-8-7-11-17(19)14-18(20(24)25)23-21(26)22-15-16-9-5-4-6-10-16;1-2-3-13-23-19-12-8-7-11-17(19)14-18(20(23)24)22-21(25)26-15-16-9-5-4-6-10-16;1-2-3-13-22-18-12-8-7-11-16(18)14-17(20(22)24)21-19(23)15-9-5-4-6-10-15;1-2-3-8-15-12-7-5-4-6-10(12)9-11(13(15)16)14(17)18;1-2-3-8-15-12-7-5-4-6-10(12)9-11(14)13(15)16;1-4-7(5-2)6-3;1-2(3)4;1-2;;;/h4-6,9-10,14H,2-3,7-8,11-13,15H2,1H3,(H2,22,23,26);4-6,9-10,14H,2-3,7-8,11-13,15H2,1H3,(H,22,25);4-6,9-10,14H,2-3,7-8,11-13H2,1H3,(H,21,23);9H,2-8H2,1H3,(H,17,18);9H,2-8,14H2,1H3;4-6H2,1-3H3;1H3,(H,3,4);2H,1H3;1H4;1H3;/q;;;;;;;;;-1;. The number of carbonyl (C=O) groups excluding carboxylic acids is 3. The number of benzene rings is 3. The molecule has 0 unspecified atom stereocenters. The molecule has 0 fully saturated rings. The van der Waals surface area contributed by atoms with E-state index in [0.717, 1.165) is 253 Å². The van der Waals surface area contributed by atoms with Crippen LogP contribution in [-0.4, -0.2) is 99.8 Å².